The Bertz CT molecular complexity index is 92.0. The van der Waals surface area contributed by atoms with Crippen molar-refractivity contribution in [2.24, 2.45) is 5.16 Å². The maximum atomic E-state index is 11.4. The molecule has 0 amide bonds. The lowest BCUT2D eigenvalue weighted by molar-refractivity contribution is 0.211. The molecule has 2 nitrogen and oxygen atoms in total. The highest BCUT2D eigenvalue weighted by molar-refractivity contribution is 5.86. The van der Waals surface area contributed by atoms with Crippen LogP contribution < -0.4 is 0 Å². The predicted molar refractivity (Wildman–Crippen MR) is 25.5 cm³/mol. The van der Waals surface area contributed by atoms with Gasteiger partial charge >= 0.3 is 0 Å². The smallest absolute Gasteiger partial charge is 0.279 e. The molecule has 0 aliphatic heterocycles. The highest BCUT2D eigenvalue weighted by Gasteiger charge is 2.09. The Kier molecular flexibility index (Phi) is 3.07. The van der Waals surface area contributed by atoms with E-state index >= 15 is 0 Å². The van der Waals surface area contributed by atoms with Crippen molar-refractivity contribution >= 4 is 5.71 Å². The molecule has 0 heterocycles. The van der Waals surface area contributed by atoms with Crippen LogP contribution in [0, 0.1) is 0 Å². The Balaban J connectivity index is 3.72. The van der Waals surface area contributed by atoms with Crippen LogP contribution in [-0.4, -0.2) is 17.3 Å². The molecule has 0 spiro atoms. The summed E-state index contributed by atoms with van der Waals surface area (Å²) >= 11 is 0. The van der Waals surface area contributed by atoms with Crippen molar-refractivity contribution in [1.29, 1.82) is 0 Å². The predicted octanol–water partition coefficient (Wildman–Crippen LogP) is 1.49. The Morgan fingerprint density at radius 2 is 2.25 bits per heavy atom. The van der Waals surface area contributed by atoms with Crippen molar-refractivity contribution < 1.29 is 14.0 Å². The standard InChI is InChI=1S/C4H7F2NO/c1-2-3(7-8)4(5)6/h4,8H,2H2,1H3. The topological polar surface area (TPSA) is 32.6 Å². The van der Waals surface area contributed by atoms with Crippen molar-refractivity contribution in [2.45, 2.75) is 19.8 Å². The second-order valence-corrected chi connectivity index (χ2v) is 1.25. The van der Waals surface area contributed by atoms with Gasteiger partial charge in [-0.3, -0.25) is 0 Å². The highest BCUT2D eigenvalue weighted by atomic mass is 19.3. The van der Waals surface area contributed by atoms with Gasteiger partial charge in [0.2, 0.25) is 0 Å². The van der Waals surface area contributed by atoms with E-state index in [0.29, 0.717) is 0 Å². The number of rotatable bonds is 2. The molecule has 0 atom stereocenters. The monoisotopic (exact) mass is 123 g/mol. The first kappa shape index (κ1) is 7.33. The second-order valence-electron chi connectivity index (χ2n) is 1.25. The first-order valence-electron chi connectivity index (χ1n) is 2.21. The third kappa shape index (κ3) is 1.86. The van der Waals surface area contributed by atoms with E-state index in [9.17, 15) is 8.78 Å². The summed E-state index contributed by atoms with van der Waals surface area (Å²) in [6, 6.07) is 0. The Labute approximate surface area is 45.8 Å². The largest absolute Gasteiger partial charge is 0.411 e. The molecule has 0 aromatic heterocycles. The van der Waals surface area contributed by atoms with Gasteiger partial charge in [0.25, 0.3) is 6.43 Å². The van der Waals surface area contributed by atoms with E-state index in [2.05, 4.69) is 5.16 Å². The normalized spacial score (nSPS) is 12.8. The molecule has 0 rings (SSSR count). The second kappa shape index (κ2) is 3.35. The molecule has 0 aliphatic carbocycles. The van der Waals surface area contributed by atoms with Gasteiger partial charge in [0.1, 0.15) is 5.71 Å². The fourth-order valence-electron chi connectivity index (χ4n) is 0.269. The van der Waals surface area contributed by atoms with Crippen molar-refractivity contribution in [3.63, 3.8) is 0 Å². The minimum atomic E-state index is -2.62. The van der Waals surface area contributed by atoms with Gasteiger partial charge in [-0.15, -0.1) is 0 Å². The summed E-state index contributed by atoms with van der Waals surface area (Å²) < 4.78 is 22.8. The molecule has 1 N–H and O–H groups in total. The molecule has 4 heteroatoms. The molecule has 0 bridgehead atoms. The first-order chi connectivity index (χ1) is 3.72. The summed E-state index contributed by atoms with van der Waals surface area (Å²) in [5, 5.41) is 10.2. The summed E-state index contributed by atoms with van der Waals surface area (Å²) in [4.78, 5) is 0. The van der Waals surface area contributed by atoms with E-state index in [1.165, 1.54) is 6.92 Å². The molecule has 0 aromatic carbocycles. The first-order valence-corrected chi connectivity index (χ1v) is 2.21. The minimum Gasteiger partial charge on any atom is -0.411 e. The van der Waals surface area contributed by atoms with Crippen LogP contribution >= 0.6 is 0 Å². The number of oxime groups is 1. The number of hydrogen-bond acceptors (Lipinski definition) is 2. The molecular formula is C4H7F2NO. The van der Waals surface area contributed by atoms with Gasteiger partial charge in [0, 0.05) is 0 Å². The fourth-order valence-corrected chi connectivity index (χ4v) is 0.269. The average molecular weight is 123 g/mol. The van der Waals surface area contributed by atoms with E-state index in [4.69, 9.17) is 5.21 Å². The van der Waals surface area contributed by atoms with E-state index in [0.717, 1.165) is 0 Å². The van der Waals surface area contributed by atoms with Gasteiger partial charge in [0.15, 0.2) is 0 Å². The molecule has 0 aromatic rings. The third-order valence-electron chi connectivity index (χ3n) is 0.743. The van der Waals surface area contributed by atoms with Gasteiger partial charge in [0.05, 0.1) is 0 Å². The van der Waals surface area contributed by atoms with Crippen LogP contribution in [0.1, 0.15) is 13.3 Å². The van der Waals surface area contributed by atoms with Gasteiger partial charge in [-0.05, 0) is 6.42 Å². The summed E-state index contributed by atoms with van der Waals surface area (Å²) in [6.07, 6.45) is -2.53. The number of halogens is 2. The maximum Gasteiger partial charge on any atom is 0.279 e. The third-order valence-corrected chi connectivity index (χ3v) is 0.743. The quantitative estimate of drug-likeness (QED) is 0.337. The number of alkyl halides is 2. The van der Waals surface area contributed by atoms with Crippen LogP contribution in [0.15, 0.2) is 5.16 Å². The van der Waals surface area contributed by atoms with Crippen molar-refractivity contribution in [1.82, 2.24) is 0 Å². The van der Waals surface area contributed by atoms with Gasteiger partial charge in [-0.25, -0.2) is 8.78 Å². The highest BCUT2D eigenvalue weighted by Crippen LogP contribution is 1.98. The zero-order valence-electron chi connectivity index (χ0n) is 4.43. The zero-order chi connectivity index (χ0) is 6.57. The average Bonchev–Trinajstić information content (AvgIpc) is 1.69. The zero-order valence-corrected chi connectivity index (χ0v) is 4.43. The summed E-state index contributed by atoms with van der Waals surface area (Å²) in [5.41, 5.74) is -0.468. The molecular weight excluding hydrogens is 116 g/mol. The molecule has 0 saturated carbocycles. The number of hydrogen-bond donors (Lipinski definition) is 1. The van der Waals surface area contributed by atoms with E-state index < -0.39 is 12.1 Å². The van der Waals surface area contributed by atoms with Gasteiger partial charge in [-0.1, -0.05) is 12.1 Å². The molecule has 0 aliphatic rings. The summed E-state index contributed by atoms with van der Waals surface area (Å²) in [6.45, 7) is 1.50. The van der Waals surface area contributed by atoms with Crippen molar-refractivity contribution in [3.05, 3.63) is 0 Å². The van der Waals surface area contributed by atoms with E-state index in [-0.39, 0.29) is 6.42 Å². The van der Waals surface area contributed by atoms with Crippen LogP contribution in [0.3, 0.4) is 0 Å². The minimum absolute atomic E-state index is 0.0914. The molecule has 0 fully saturated rings. The van der Waals surface area contributed by atoms with Gasteiger partial charge < -0.3 is 5.21 Å². The van der Waals surface area contributed by atoms with Crippen LogP contribution in [0.2, 0.25) is 0 Å². The SMILES string of the molecule is CCC(=NO)C(F)F. The lowest BCUT2D eigenvalue weighted by Gasteiger charge is -1.94. The van der Waals surface area contributed by atoms with Crippen LogP contribution in [0.25, 0.3) is 0 Å². The maximum absolute atomic E-state index is 11.4. The van der Waals surface area contributed by atoms with Crippen molar-refractivity contribution in [3.8, 4) is 0 Å². The van der Waals surface area contributed by atoms with Crippen LogP contribution in [0.5, 0.6) is 0 Å². The van der Waals surface area contributed by atoms with E-state index in [1.54, 1.807) is 0 Å². The molecule has 8 heavy (non-hydrogen) atoms. The Morgan fingerprint density at radius 1 is 1.75 bits per heavy atom. The van der Waals surface area contributed by atoms with Crippen LogP contribution in [0.4, 0.5) is 8.78 Å². The van der Waals surface area contributed by atoms with Gasteiger partial charge in [-0.2, -0.15) is 0 Å². The number of nitrogens with zero attached hydrogens (tertiary/aromatic N) is 1. The lowest BCUT2D eigenvalue weighted by Crippen LogP contribution is -2.07. The molecule has 0 radical (unpaired) electrons. The molecule has 48 valence electrons. The lowest BCUT2D eigenvalue weighted by atomic mass is 10.3. The van der Waals surface area contributed by atoms with E-state index in [1.807, 2.05) is 0 Å². The molecule has 0 unspecified atom stereocenters. The fraction of sp³-hybridized carbons (Fsp3) is 0.750. The van der Waals surface area contributed by atoms with Crippen molar-refractivity contribution in [2.75, 3.05) is 0 Å². The summed E-state index contributed by atoms with van der Waals surface area (Å²) in [7, 11) is 0. The molecule has 0 saturated heterocycles. The Hall–Kier alpha value is -0.670. The Morgan fingerprint density at radius 3 is 2.25 bits per heavy atom. The summed E-state index contributed by atoms with van der Waals surface area (Å²) in [5.74, 6) is 0. The van der Waals surface area contributed by atoms with Crippen LogP contribution in [-0.2, 0) is 0 Å².